The second-order valence-electron chi connectivity index (χ2n) is 22.7. The highest BCUT2D eigenvalue weighted by Crippen LogP contribution is 2.29. The number of phenols is 2. The van der Waals surface area contributed by atoms with Crippen LogP contribution in [0.4, 0.5) is 8.78 Å². The molecular formula is C74H108F2O14. The number of hydrogen-bond donors (Lipinski definition) is 6. The Morgan fingerprint density at radius 1 is 0.400 bits per heavy atom. The Bertz CT molecular complexity index is 2610. The van der Waals surface area contributed by atoms with Crippen molar-refractivity contribution in [3.63, 3.8) is 0 Å². The van der Waals surface area contributed by atoms with E-state index in [1.807, 2.05) is 0 Å². The van der Waals surface area contributed by atoms with E-state index >= 15 is 0 Å². The maximum atomic E-state index is 13.3. The zero-order chi connectivity index (χ0) is 66.9. The Morgan fingerprint density at radius 2 is 0.700 bits per heavy atom. The molecular weight excluding hydrogens is 1150 g/mol. The summed E-state index contributed by atoms with van der Waals surface area (Å²) in [7, 11) is 5.77. The van der Waals surface area contributed by atoms with Gasteiger partial charge in [0.15, 0.2) is 63.5 Å². The quantitative estimate of drug-likeness (QED) is 0.0179. The van der Waals surface area contributed by atoms with Crippen LogP contribution >= 0.6 is 0 Å². The van der Waals surface area contributed by atoms with Crippen LogP contribution in [-0.4, -0.2) is 107 Å². The van der Waals surface area contributed by atoms with Crippen molar-refractivity contribution in [1.29, 1.82) is 0 Å². The molecule has 16 heteroatoms. The van der Waals surface area contributed by atoms with Crippen LogP contribution < -0.4 is 18.9 Å². The van der Waals surface area contributed by atoms with Gasteiger partial charge in [0, 0.05) is 32.1 Å². The maximum Gasteiger partial charge on any atom is 0.165 e. The van der Waals surface area contributed by atoms with E-state index < -0.39 is 36.1 Å². The SMILES string of the molecule is CCCCCC(O)CC(=O)/C=C/c1ccc(F)c(OC)c1.CCCCCCCC(O)CC(=O)/C=C/c1ccc(F)c(OC)c1.CCCCCCC[C@@H](O)CC(=O)/C=C/c1ccc(O)c(OC)c1.CCCCCCC[C@@H](O)CC(=O)CCc1ccc(O)c(OC)c1. The number of rotatable bonds is 43. The van der Waals surface area contributed by atoms with Crippen LogP contribution in [0.15, 0.2) is 91.0 Å². The average Bonchev–Trinajstić information content (AvgIpc) is 3.73. The Hall–Kier alpha value is -6.72. The first kappa shape index (κ1) is 81.3. The lowest BCUT2D eigenvalue weighted by Gasteiger charge is -2.10. The number of aryl methyl sites for hydroxylation is 1. The number of unbranched alkanes of at least 4 members (excludes halogenated alkanes) is 14. The second kappa shape index (κ2) is 51.0. The number of methoxy groups -OCH3 is 4. The van der Waals surface area contributed by atoms with Gasteiger partial charge in [0.1, 0.15) is 5.78 Å². The van der Waals surface area contributed by atoms with Gasteiger partial charge in [-0.15, -0.1) is 0 Å². The number of phenolic OH excluding ortho intramolecular Hbond substituents is 2. The number of carbonyl (C=O) groups excluding carboxylic acids is 4. The monoisotopic (exact) mass is 1260 g/mol. The van der Waals surface area contributed by atoms with Gasteiger partial charge >= 0.3 is 0 Å². The Labute approximate surface area is 536 Å². The van der Waals surface area contributed by atoms with Crippen molar-refractivity contribution in [2.75, 3.05) is 28.4 Å². The molecule has 6 N–H and O–H groups in total. The van der Waals surface area contributed by atoms with Crippen molar-refractivity contribution < 1.29 is 77.5 Å². The minimum Gasteiger partial charge on any atom is -0.504 e. The highest BCUT2D eigenvalue weighted by Gasteiger charge is 2.14. The van der Waals surface area contributed by atoms with E-state index in [1.54, 1.807) is 60.7 Å². The summed E-state index contributed by atoms with van der Waals surface area (Å²) >= 11 is 0. The predicted molar refractivity (Wildman–Crippen MR) is 357 cm³/mol. The molecule has 0 amide bonds. The van der Waals surface area contributed by atoms with Crippen LogP contribution in [0.1, 0.15) is 223 Å². The third-order valence-electron chi connectivity index (χ3n) is 14.7. The molecule has 0 aliphatic heterocycles. The summed E-state index contributed by atoms with van der Waals surface area (Å²) in [5.41, 5.74) is 3.08. The maximum absolute atomic E-state index is 13.3. The van der Waals surface area contributed by atoms with E-state index in [0.29, 0.717) is 61.2 Å². The molecule has 0 radical (unpaired) electrons. The molecule has 4 aromatic rings. The van der Waals surface area contributed by atoms with E-state index in [0.717, 1.165) is 68.9 Å². The Balaban J connectivity index is 0.000000600. The first-order chi connectivity index (χ1) is 43.2. The molecule has 4 rings (SSSR count). The average molecular weight is 1260 g/mol. The lowest BCUT2D eigenvalue weighted by atomic mass is 10.0. The zero-order valence-electron chi connectivity index (χ0n) is 55.2. The lowest BCUT2D eigenvalue weighted by Crippen LogP contribution is -2.14. The standard InChI is InChI=1S/C19H27FO3.C19H30O4.C19H28O4.C17H23FO3/c1-3-4-5-6-7-8-16(21)14-17(22)11-9-15-10-12-18(20)19(13-15)23-2;2*1-3-4-5-6-7-8-16(20)14-17(21)11-9-15-10-12-18(22)19(13-15)23-2;1-3-4-5-6-14(19)12-15(20)9-7-13-8-10-16(18)17(11-13)21-2/h9-13,16,21H,3-8,14H2,1-2H3;10,12-13,16,20,22H,3-9,11,14H2,1-2H3;9-13,16,20,22H,3-8,14H2,1-2H3;7-11,14,19H,3-6,12H2,1-2H3/b11-9+;;11-9+;9-7+/t;2*16-;/m.11./s1. The number of carbonyl (C=O) groups is 4. The molecule has 0 spiro atoms. The van der Waals surface area contributed by atoms with Crippen molar-refractivity contribution in [1.82, 2.24) is 0 Å². The highest BCUT2D eigenvalue weighted by atomic mass is 19.1. The van der Waals surface area contributed by atoms with Crippen LogP contribution in [-0.2, 0) is 25.6 Å². The molecule has 0 bridgehead atoms. The molecule has 0 saturated carbocycles. The molecule has 2 unspecified atom stereocenters. The van der Waals surface area contributed by atoms with Gasteiger partial charge in [-0.1, -0.05) is 186 Å². The summed E-state index contributed by atoms with van der Waals surface area (Å²) in [6.07, 6.45) is 31.5. The minimum absolute atomic E-state index is 0.0643. The van der Waals surface area contributed by atoms with Gasteiger partial charge in [-0.05, 0) is 121 Å². The number of aliphatic hydroxyl groups is 4. The van der Waals surface area contributed by atoms with Crippen LogP contribution in [0, 0.1) is 11.6 Å². The molecule has 0 aliphatic rings. The summed E-state index contributed by atoms with van der Waals surface area (Å²) in [4.78, 5) is 47.4. The summed E-state index contributed by atoms with van der Waals surface area (Å²) in [6, 6.07) is 18.8. The van der Waals surface area contributed by atoms with Crippen LogP contribution in [0.25, 0.3) is 18.2 Å². The normalized spacial score (nSPS) is 12.4. The summed E-state index contributed by atoms with van der Waals surface area (Å²) in [6.45, 7) is 8.61. The van der Waals surface area contributed by atoms with Gasteiger partial charge in [-0.2, -0.15) is 0 Å². The molecule has 0 saturated heterocycles. The number of halogens is 2. The summed E-state index contributed by atoms with van der Waals surface area (Å²) in [5, 5.41) is 58.5. The molecule has 14 nitrogen and oxygen atoms in total. The molecule has 502 valence electrons. The fourth-order valence-electron chi connectivity index (χ4n) is 9.34. The van der Waals surface area contributed by atoms with Gasteiger partial charge in [-0.3, -0.25) is 19.2 Å². The van der Waals surface area contributed by atoms with Gasteiger partial charge in [0.2, 0.25) is 0 Å². The fourth-order valence-corrected chi connectivity index (χ4v) is 9.34. The molecule has 0 aliphatic carbocycles. The Morgan fingerprint density at radius 3 is 1.07 bits per heavy atom. The molecule has 90 heavy (non-hydrogen) atoms. The third kappa shape index (κ3) is 39.4. The number of Topliss-reactive ketones (excluding diaryl/α,β-unsaturated/α-hetero) is 1. The van der Waals surface area contributed by atoms with Gasteiger partial charge in [-0.25, -0.2) is 8.78 Å². The highest BCUT2D eigenvalue weighted by molar-refractivity contribution is 5.95. The lowest BCUT2D eigenvalue weighted by molar-refractivity contribution is -0.121. The van der Waals surface area contributed by atoms with E-state index in [1.165, 1.54) is 135 Å². The van der Waals surface area contributed by atoms with Crippen LogP contribution in [0.2, 0.25) is 0 Å². The second-order valence-corrected chi connectivity index (χ2v) is 22.7. The first-order valence-electron chi connectivity index (χ1n) is 32.5. The van der Waals surface area contributed by atoms with Crippen molar-refractivity contribution in [2.24, 2.45) is 0 Å². The smallest absolute Gasteiger partial charge is 0.165 e. The number of ketones is 4. The van der Waals surface area contributed by atoms with Crippen LogP contribution in [0.3, 0.4) is 0 Å². The Kier molecular flexibility index (Phi) is 46.0. The van der Waals surface area contributed by atoms with E-state index in [9.17, 15) is 58.6 Å². The molecule has 0 aromatic heterocycles. The minimum atomic E-state index is -0.587. The molecule has 4 atom stereocenters. The van der Waals surface area contributed by atoms with E-state index in [-0.39, 0.29) is 71.8 Å². The topological polar surface area (TPSA) is 227 Å². The number of aliphatic hydroxyl groups excluding tert-OH is 4. The van der Waals surface area contributed by atoms with Crippen molar-refractivity contribution in [2.45, 2.75) is 232 Å². The summed E-state index contributed by atoms with van der Waals surface area (Å²) < 4.78 is 46.4. The third-order valence-corrected chi connectivity index (χ3v) is 14.7. The molecule has 0 heterocycles. The van der Waals surface area contributed by atoms with Gasteiger partial charge < -0.3 is 49.6 Å². The number of ether oxygens (including phenoxy) is 4. The number of allylic oxidation sites excluding steroid dienone is 3. The van der Waals surface area contributed by atoms with Crippen molar-refractivity contribution in [3.8, 4) is 34.5 Å². The van der Waals surface area contributed by atoms with E-state index in [4.69, 9.17) is 18.9 Å². The predicted octanol–water partition coefficient (Wildman–Crippen LogP) is 16.4. The van der Waals surface area contributed by atoms with E-state index in [2.05, 4.69) is 27.7 Å². The number of hydrogen-bond acceptors (Lipinski definition) is 14. The van der Waals surface area contributed by atoms with Crippen LogP contribution in [0.5, 0.6) is 34.5 Å². The zero-order valence-corrected chi connectivity index (χ0v) is 55.2. The number of benzene rings is 4. The fraction of sp³-hybridized carbons (Fsp3) is 0.541. The van der Waals surface area contributed by atoms with Gasteiger partial charge in [0.05, 0.1) is 52.9 Å². The van der Waals surface area contributed by atoms with Crippen molar-refractivity contribution in [3.05, 3.63) is 125 Å². The number of aromatic hydroxyl groups is 2. The van der Waals surface area contributed by atoms with Gasteiger partial charge in [0.25, 0.3) is 0 Å². The largest absolute Gasteiger partial charge is 0.504 e. The van der Waals surface area contributed by atoms with Crippen molar-refractivity contribution >= 4 is 41.4 Å². The first-order valence-corrected chi connectivity index (χ1v) is 32.5. The summed E-state index contributed by atoms with van der Waals surface area (Å²) in [5.74, 6) is 0.0786. The molecule has 4 aromatic carbocycles. The molecule has 0 fully saturated rings.